The van der Waals surface area contributed by atoms with Gasteiger partial charge in [0.15, 0.2) is 5.78 Å². The quantitative estimate of drug-likeness (QED) is 0.799. The van der Waals surface area contributed by atoms with Crippen LogP contribution in [-0.4, -0.2) is 5.78 Å². The lowest BCUT2D eigenvalue weighted by molar-refractivity contribution is 0.0973. The molecular weight excluding hydrogens is 284 g/mol. The summed E-state index contributed by atoms with van der Waals surface area (Å²) in [5.41, 5.74) is -0.410. The van der Waals surface area contributed by atoms with Gasteiger partial charge in [0, 0.05) is 10.6 Å². The molecule has 100 valence electrons. The van der Waals surface area contributed by atoms with Crippen molar-refractivity contribution in [1.29, 1.82) is 5.26 Å². The summed E-state index contributed by atoms with van der Waals surface area (Å²) in [5, 5.41) is 9.27. The summed E-state index contributed by atoms with van der Waals surface area (Å²) in [4.78, 5) is 12.2. The zero-order valence-corrected chi connectivity index (χ0v) is 10.9. The van der Waals surface area contributed by atoms with E-state index in [0.29, 0.717) is 0 Å². The fraction of sp³-hybridized carbons (Fsp3) is 0.0667. The second-order valence-electron chi connectivity index (χ2n) is 4.07. The Labute approximate surface area is 119 Å². The number of nitriles is 1. The van der Waals surface area contributed by atoms with E-state index in [9.17, 15) is 13.6 Å². The average molecular weight is 292 g/mol. The van der Waals surface area contributed by atoms with Crippen molar-refractivity contribution in [3.05, 3.63) is 70.2 Å². The van der Waals surface area contributed by atoms with Gasteiger partial charge in [0.05, 0.1) is 11.6 Å². The van der Waals surface area contributed by atoms with Crippen molar-refractivity contribution < 1.29 is 13.6 Å². The van der Waals surface area contributed by atoms with Crippen molar-refractivity contribution in [2.45, 2.75) is 5.92 Å². The van der Waals surface area contributed by atoms with Crippen molar-refractivity contribution in [2.24, 2.45) is 0 Å². The van der Waals surface area contributed by atoms with E-state index < -0.39 is 23.3 Å². The van der Waals surface area contributed by atoms with Crippen LogP contribution in [0.1, 0.15) is 21.8 Å². The van der Waals surface area contributed by atoms with Gasteiger partial charge in [-0.25, -0.2) is 8.78 Å². The second kappa shape index (κ2) is 5.81. The first-order valence-corrected chi connectivity index (χ1v) is 6.05. The number of ketones is 1. The molecule has 0 saturated heterocycles. The van der Waals surface area contributed by atoms with Crippen LogP contribution in [0.25, 0.3) is 0 Å². The first kappa shape index (κ1) is 14.2. The first-order chi connectivity index (χ1) is 9.54. The van der Waals surface area contributed by atoms with Crippen LogP contribution in [0.4, 0.5) is 8.78 Å². The number of carbonyl (C=O) groups is 1. The predicted octanol–water partition coefficient (Wildman–Crippen LogP) is 4.11. The summed E-state index contributed by atoms with van der Waals surface area (Å²) in [7, 11) is 0. The van der Waals surface area contributed by atoms with E-state index in [-0.39, 0.29) is 16.1 Å². The highest BCUT2D eigenvalue weighted by Gasteiger charge is 2.26. The minimum Gasteiger partial charge on any atom is -0.292 e. The molecule has 0 amide bonds. The molecule has 2 aromatic carbocycles. The van der Waals surface area contributed by atoms with Gasteiger partial charge in [-0.15, -0.1) is 0 Å². The number of Topliss-reactive ketones (excluding diaryl/α,β-unsaturated/α-hetero) is 1. The molecule has 0 spiro atoms. The van der Waals surface area contributed by atoms with Crippen LogP contribution in [0.5, 0.6) is 0 Å². The Balaban J connectivity index is 2.48. The third kappa shape index (κ3) is 2.68. The third-order valence-electron chi connectivity index (χ3n) is 2.80. The van der Waals surface area contributed by atoms with Gasteiger partial charge in [0.2, 0.25) is 0 Å². The molecule has 0 aromatic heterocycles. The highest BCUT2D eigenvalue weighted by molar-refractivity contribution is 6.31. The van der Waals surface area contributed by atoms with E-state index in [1.54, 1.807) is 6.07 Å². The Hall–Kier alpha value is -2.25. The van der Waals surface area contributed by atoms with Crippen molar-refractivity contribution in [2.75, 3.05) is 0 Å². The molecule has 0 bridgehead atoms. The lowest BCUT2D eigenvalue weighted by Crippen LogP contribution is -2.14. The van der Waals surface area contributed by atoms with Crippen LogP contribution in [-0.2, 0) is 0 Å². The molecule has 0 aliphatic heterocycles. The molecular formula is C15H8ClF2NO. The normalized spacial score (nSPS) is 11.7. The molecule has 2 aromatic rings. The topological polar surface area (TPSA) is 40.9 Å². The SMILES string of the molecule is N#CC(C(=O)c1cc(Cl)ccc1F)c1ccccc1F. The molecule has 0 fully saturated rings. The van der Waals surface area contributed by atoms with E-state index in [1.165, 1.54) is 24.3 Å². The molecule has 5 heteroatoms. The van der Waals surface area contributed by atoms with Crippen LogP contribution in [0.15, 0.2) is 42.5 Å². The largest absolute Gasteiger partial charge is 0.292 e. The lowest BCUT2D eigenvalue weighted by atomic mass is 9.91. The summed E-state index contributed by atoms with van der Waals surface area (Å²) < 4.78 is 27.3. The van der Waals surface area contributed by atoms with Gasteiger partial charge in [0.1, 0.15) is 17.6 Å². The fourth-order valence-electron chi connectivity index (χ4n) is 1.82. The minimum absolute atomic E-state index is 0.0839. The lowest BCUT2D eigenvalue weighted by Gasteiger charge is -2.10. The van der Waals surface area contributed by atoms with Gasteiger partial charge in [-0.05, 0) is 24.3 Å². The van der Waals surface area contributed by atoms with Gasteiger partial charge < -0.3 is 0 Å². The standard InChI is InChI=1S/C15H8ClF2NO/c16-9-5-6-14(18)11(7-9)15(20)12(8-19)10-3-1-2-4-13(10)17/h1-7,12H. The summed E-state index contributed by atoms with van der Waals surface area (Å²) in [6.45, 7) is 0. The molecule has 0 saturated carbocycles. The molecule has 0 radical (unpaired) electrons. The van der Waals surface area contributed by atoms with Gasteiger partial charge in [-0.3, -0.25) is 4.79 Å². The maximum atomic E-state index is 13.7. The molecule has 1 atom stereocenters. The predicted molar refractivity (Wildman–Crippen MR) is 70.5 cm³/mol. The zero-order chi connectivity index (χ0) is 14.7. The number of benzene rings is 2. The summed E-state index contributed by atoms with van der Waals surface area (Å²) in [6.07, 6.45) is 0. The number of carbonyl (C=O) groups excluding carboxylic acids is 1. The van der Waals surface area contributed by atoms with E-state index in [2.05, 4.69) is 0 Å². The summed E-state index contributed by atoms with van der Waals surface area (Å²) >= 11 is 5.71. The van der Waals surface area contributed by atoms with Crippen LogP contribution >= 0.6 is 11.6 Å². The molecule has 0 heterocycles. The van der Waals surface area contributed by atoms with E-state index in [0.717, 1.165) is 18.2 Å². The van der Waals surface area contributed by atoms with Crippen molar-refractivity contribution in [3.8, 4) is 6.07 Å². The average Bonchev–Trinajstić information content (AvgIpc) is 2.44. The van der Waals surface area contributed by atoms with Crippen LogP contribution < -0.4 is 0 Å². The van der Waals surface area contributed by atoms with Crippen LogP contribution in [0.3, 0.4) is 0 Å². The Bertz CT molecular complexity index is 709. The number of hydrogen-bond donors (Lipinski definition) is 0. The number of hydrogen-bond acceptors (Lipinski definition) is 2. The Morgan fingerprint density at radius 1 is 1.15 bits per heavy atom. The van der Waals surface area contributed by atoms with Gasteiger partial charge in [-0.1, -0.05) is 29.8 Å². The number of nitrogens with zero attached hydrogens (tertiary/aromatic N) is 1. The number of rotatable bonds is 3. The van der Waals surface area contributed by atoms with Crippen LogP contribution in [0, 0.1) is 23.0 Å². The van der Waals surface area contributed by atoms with Gasteiger partial charge in [0.25, 0.3) is 0 Å². The second-order valence-corrected chi connectivity index (χ2v) is 4.51. The monoisotopic (exact) mass is 291 g/mol. The third-order valence-corrected chi connectivity index (χ3v) is 3.04. The Morgan fingerprint density at radius 2 is 1.85 bits per heavy atom. The van der Waals surface area contributed by atoms with Crippen molar-refractivity contribution in [3.63, 3.8) is 0 Å². The molecule has 0 N–H and O–H groups in total. The molecule has 2 nitrogen and oxygen atoms in total. The van der Waals surface area contributed by atoms with Crippen LogP contribution in [0.2, 0.25) is 5.02 Å². The Morgan fingerprint density at radius 3 is 2.50 bits per heavy atom. The van der Waals surface area contributed by atoms with E-state index in [4.69, 9.17) is 16.9 Å². The smallest absolute Gasteiger partial charge is 0.187 e. The first-order valence-electron chi connectivity index (χ1n) is 5.68. The van der Waals surface area contributed by atoms with Gasteiger partial charge >= 0.3 is 0 Å². The number of halogens is 3. The molecule has 0 aliphatic carbocycles. The summed E-state index contributed by atoms with van der Waals surface area (Å²) in [5.74, 6) is -3.72. The minimum atomic E-state index is -1.41. The molecule has 20 heavy (non-hydrogen) atoms. The van der Waals surface area contributed by atoms with Gasteiger partial charge in [-0.2, -0.15) is 5.26 Å². The fourth-order valence-corrected chi connectivity index (χ4v) is 1.99. The molecule has 2 rings (SSSR count). The summed E-state index contributed by atoms with van der Waals surface area (Å²) in [6, 6.07) is 10.6. The maximum Gasteiger partial charge on any atom is 0.187 e. The van der Waals surface area contributed by atoms with Crippen molar-refractivity contribution >= 4 is 17.4 Å². The zero-order valence-electron chi connectivity index (χ0n) is 10.1. The van der Waals surface area contributed by atoms with E-state index in [1.807, 2.05) is 0 Å². The highest BCUT2D eigenvalue weighted by Crippen LogP contribution is 2.25. The Kier molecular flexibility index (Phi) is 4.11. The molecule has 0 aliphatic rings. The molecule has 1 unspecified atom stereocenters. The van der Waals surface area contributed by atoms with Crippen molar-refractivity contribution in [1.82, 2.24) is 0 Å². The van der Waals surface area contributed by atoms with E-state index >= 15 is 0 Å². The maximum absolute atomic E-state index is 13.7. The highest BCUT2D eigenvalue weighted by atomic mass is 35.5.